The van der Waals surface area contributed by atoms with Gasteiger partial charge in [-0.3, -0.25) is 4.79 Å². The Labute approximate surface area is 146 Å². The number of anilines is 1. The fraction of sp³-hybridized carbons (Fsp3) is 0.214. The summed E-state index contributed by atoms with van der Waals surface area (Å²) in [4.78, 5) is 21.9. The number of nitrogens with one attached hydrogen (secondary N) is 2. The number of fused-ring (bicyclic) bond motifs is 1. The van der Waals surface area contributed by atoms with Gasteiger partial charge in [-0.2, -0.15) is 0 Å². The molecule has 0 aromatic carbocycles. The molecule has 3 heterocycles. The first-order chi connectivity index (χ1) is 11.4. The van der Waals surface area contributed by atoms with E-state index in [1.54, 1.807) is 6.07 Å². The van der Waals surface area contributed by atoms with Crippen LogP contribution < -0.4 is 10.0 Å². The first-order valence-electron chi connectivity index (χ1n) is 6.96. The Morgan fingerprint density at radius 3 is 2.71 bits per heavy atom. The minimum Gasteiger partial charge on any atom is -0.353 e. The summed E-state index contributed by atoms with van der Waals surface area (Å²) in [6.45, 7) is 0.521. The van der Waals surface area contributed by atoms with E-state index in [4.69, 9.17) is 0 Å². The van der Waals surface area contributed by atoms with Crippen LogP contribution in [-0.2, 0) is 10.0 Å². The first-order valence-corrected chi connectivity index (χ1v) is 10.6. The van der Waals surface area contributed by atoms with Crippen molar-refractivity contribution in [3.8, 4) is 0 Å². The molecule has 0 amide bonds. The monoisotopic (exact) mass is 382 g/mol. The number of rotatable bonds is 7. The molecule has 10 heteroatoms. The van der Waals surface area contributed by atoms with Crippen molar-refractivity contribution in [3.05, 3.63) is 39.5 Å². The van der Waals surface area contributed by atoms with E-state index in [0.29, 0.717) is 28.6 Å². The van der Waals surface area contributed by atoms with Crippen molar-refractivity contribution >= 4 is 54.6 Å². The lowest BCUT2D eigenvalue weighted by Crippen LogP contribution is -2.28. The number of ketones is 1. The molecule has 0 radical (unpaired) electrons. The average Bonchev–Trinajstić information content (AvgIpc) is 3.20. The molecule has 2 N–H and O–H groups in total. The predicted octanol–water partition coefficient (Wildman–Crippen LogP) is 1.94. The second-order valence-corrected chi connectivity index (χ2v) is 8.63. The Balaban J connectivity index is 1.84. The quantitative estimate of drug-likeness (QED) is 0.478. The zero-order chi connectivity index (χ0) is 17.2. The highest BCUT2D eigenvalue weighted by atomic mass is 32.2. The summed E-state index contributed by atoms with van der Waals surface area (Å²) < 4.78 is 25.2. The first kappa shape index (κ1) is 17.0. The average molecular weight is 382 g/mol. The fourth-order valence-corrected chi connectivity index (χ4v) is 3.99. The molecule has 126 valence electrons. The number of thiophene rings is 2. The number of aromatic nitrogens is 2. The van der Waals surface area contributed by atoms with Gasteiger partial charge in [-0.15, -0.1) is 22.7 Å². The Kier molecular flexibility index (Phi) is 4.90. The van der Waals surface area contributed by atoms with Gasteiger partial charge >= 0.3 is 0 Å². The molecule has 0 aliphatic heterocycles. The number of sulfonamides is 1. The molecule has 0 aliphatic rings. The van der Waals surface area contributed by atoms with Crippen LogP contribution in [-0.4, -0.2) is 43.5 Å². The van der Waals surface area contributed by atoms with Crippen molar-refractivity contribution in [2.75, 3.05) is 24.7 Å². The molecular formula is C14H14N4O3S3. The van der Waals surface area contributed by atoms with Gasteiger partial charge in [-0.1, -0.05) is 6.07 Å². The summed E-state index contributed by atoms with van der Waals surface area (Å²) >= 11 is 2.78. The minimum absolute atomic E-state index is 0.142. The van der Waals surface area contributed by atoms with E-state index in [-0.39, 0.29) is 12.3 Å². The molecule has 3 aromatic rings. The highest BCUT2D eigenvalue weighted by molar-refractivity contribution is 7.88. The summed E-state index contributed by atoms with van der Waals surface area (Å²) in [5.74, 6) is 0.160. The lowest BCUT2D eigenvalue weighted by molar-refractivity contribution is 0.103. The summed E-state index contributed by atoms with van der Waals surface area (Å²) in [6.07, 6.45) is 1.10. The molecule has 0 bridgehead atoms. The van der Waals surface area contributed by atoms with E-state index in [2.05, 4.69) is 20.0 Å². The van der Waals surface area contributed by atoms with Crippen molar-refractivity contribution in [2.45, 2.75) is 0 Å². The van der Waals surface area contributed by atoms with Crippen LogP contribution in [0.4, 0.5) is 5.95 Å². The van der Waals surface area contributed by atoms with Crippen LogP contribution in [0, 0.1) is 0 Å². The van der Waals surface area contributed by atoms with Crippen molar-refractivity contribution in [3.63, 3.8) is 0 Å². The Morgan fingerprint density at radius 2 is 2.00 bits per heavy atom. The van der Waals surface area contributed by atoms with Gasteiger partial charge in [0, 0.05) is 13.1 Å². The van der Waals surface area contributed by atoms with Crippen LogP contribution in [0.3, 0.4) is 0 Å². The molecule has 0 aliphatic carbocycles. The predicted molar refractivity (Wildman–Crippen MR) is 96.5 cm³/mol. The molecule has 0 atom stereocenters. The second-order valence-electron chi connectivity index (χ2n) is 4.93. The minimum atomic E-state index is -3.24. The van der Waals surface area contributed by atoms with Crippen LogP contribution in [0.2, 0.25) is 0 Å². The largest absolute Gasteiger partial charge is 0.353 e. The van der Waals surface area contributed by atoms with E-state index in [9.17, 15) is 13.2 Å². The van der Waals surface area contributed by atoms with Gasteiger partial charge in [0.15, 0.2) is 0 Å². The molecule has 0 unspecified atom stereocenters. The van der Waals surface area contributed by atoms with Crippen LogP contribution in [0.5, 0.6) is 0 Å². The van der Waals surface area contributed by atoms with Gasteiger partial charge in [-0.05, 0) is 22.9 Å². The topological polar surface area (TPSA) is 101 Å². The van der Waals surface area contributed by atoms with E-state index in [1.165, 1.54) is 22.7 Å². The fourth-order valence-electron chi connectivity index (χ4n) is 2.03. The third-order valence-electron chi connectivity index (χ3n) is 3.04. The molecule has 0 spiro atoms. The van der Waals surface area contributed by atoms with Gasteiger partial charge in [0.05, 0.1) is 21.3 Å². The lowest BCUT2D eigenvalue weighted by atomic mass is 10.2. The van der Waals surface area contributed by atoms with Crippen molar-refractivity contribution in [2.24, 2.45) is 0 Å². The second kappa shape index (κ2) is 6.93. The van der Waals surface area contributed by atoms with Crippen LogP contribution in [0.15, 0.2) is 29.0 Å². The molecule has 3 rings (SSSR count). The van der Waals surface area contributed by atoms with E-state index < -0.39 is 10.0 Å². The van der Waals surface area contributed by atoms with Gasteiger partial charge in [0.25, 0.3) is 0 Å². The maximum Gasteiger partial charge on any atom is 0.224 e. The summed E-state index contributed by atoms with van der Waals surface area (Å²) in [5.41, 5.74) is 1.05. The Hall–Kier alpha value is -1.88. The number of hydrogen-bond donors (Lipinski definition) is 2. The molecule has 0 fully saturated rings. The van der Waals surface area contributed by atoms with Crippen LogP contribution >= 0.6 is 22.7 Å². The van der Waals surface area contributed by atoms with E-state index in [0.717, 1.165) is 11.0 Å². The highest BCUT2D eigenvalue weighted by Crippen LogP contribution is 2.26. The van der Waals surface area contributed by atoms with Gasteiger partial charge in [0.1, 0.15) is 5.69 Å². The van der Waals surface area contributed by atoms with Crippen molar-refractivity contribution in [1.82, 2.24) is 14.7 Å². The molecule has 3 aromatic heterocycles. The zero-order valence-electron chi connectivity index (χ0n) is 12.6. The number of nitrogens with zero attached hydrogens (tertiary/aromatic N) is 2. The molecule has 7 nitrogen and oxygen atoms in total. The Bertz CT molecular complexity index is 964. The van der Waals surface area contributed by atoms with Crippen molar-refractivity contribution in [1.29, 1.82) is 0 Å². The zero-order valence-corrected chi connectivity index (χ0v) is 15.1. The van der Waals surface area contributed by atoms with Crippen LogP contribution in [0.1, 0.15) is 15.4 Å². The maximum absolute atomic E-state index is 12.6. The molecule has 24 heavy (non-hydrogen) atoms. The third-order valence-corrected chi connectivity index (χ3v) is 5.54. The van der Waals surface area contributed by atoms with Gasteiger partial charge in [-0.25, -0.2) is 23.1 Å². The summed E-state index contributed by atoms with van der Waals surface area (Å²) in [7, 11) is -3.24. The summed E-state index contributed by atoms with van der Waals surface area (Å²) in [6, 6.07) is 5.41. The molecule has 0 saturated carbocycles. The molecular weight excluding hydrogens is 368 g/mol. The van der Waals surface area contributed by atoms with Gasteiger partial charge in [0.2, 0.25) is 21.8 Å². The highest BCUT2D eigenvalue weighted by Gasteiger charge is 2.18. The smallest absolute Gasteiger partial charge is 0.224 e. The number of carbonyl (C=O) groups is 1. The van der Waals surface area contributed by atoms with Gasteiger partial charge < -0.3 is 5.32 Å². The van der Waals surface area contributed by atoms with Crippen molar-refractivity contribution < 1.29 is 13.2 Å². The van der Waals surface area contributed by atoms with E-state index in [1.807, 2.05) is 22.9 Å². The van der Waals surface area contributed by atoms with E-state index >= 15 is 0 Å². The standard InChI is InChI=1S/C14H14N4O3S3/c1-24(20,21)16-6-5-15-14-17-9-4-8-23-13(9)11(18-14)12(19)10-3-2-7-22-10/h2-4,7-8,16H,5-6H2,1H3,(H,15,17,18). The molecule has 0 saturated heterocycles. The third kappa shape index (κ3) is 3.96. The SMILES string of the molecule is CS(=O)(=O)NCCNc1nc(C(=O)c2cccs2)c2sccc2n1. The number of carbonyl (C=O) groups excluding carboxylic acids is 1. The number of hydrogen-bond acceptors (Lipinski definition) is 8. The normalized spacial score (nSPS) is 11.7. The lowest BCUT2D eigenvalue weighted by Gasteiger charge is -2.07. The Morgan fingerprint density at radius 1 is 1.17 bits per heavy atom. The van der Waals surface area contributed by atoms with Crippen LogP contribution in [0.25, 0.3) is 10.2 Å². The summed E-state index contributed by atoms with van der Waals surface area (Å²) in [5, 5.41) is 6.65. The maximum atomic E-state index is 12.6.